The molecule has 0 saturated heterocycles. The van der Waals surface area contributed by atoms with Gasteiger partial charge < -0.3 is 20.9 Å². The molecule has 4 N–H and O–H groups in total. The summed E-state index contributed by atoms with van der Waals surface area (Å²) in [5, 5.41) is 13.0. The largest absolute Gasteiger partial charge is 0.481 e. The molecule has 1 atom stereocenters. The third kappa shape index (κ3) is 3.56. The lowest BCUT2D eigenvalue weighted by atomic mass is 10.1. The van der Waals surface area contributed by atoms with Crippen molar-refractivity contribution in [2.75, 3.05) is 24.7 Å². The fourth-order valence-electron chi connectivity index (χ4n) is 1.56. The number of rotatable bonds is 5. The van der Waals surface area contributed by atoms with E-state index in [9.17, 15) is 5.11 Å². The van der Waals surface area contributed by atoms with E-state index in [0.717, 1.165) is 5.56 Å². The maximum absolute atomic E-state index is 10.0. The van der Waals surface area contributed by atoms with E-state index in [4.69, 9.17) is 10.5 Å². The minimum absolute atomic E-state index is 0.303. The van der Waals surface area contributed by atoms with E-state index in [1.165, 1.54) is 7.11 Å². The Morgan fingerprint density at radius 3 is 2.74 bits per heavy atom. The van der Waals surface area contributed by atoms with Crippen LogP contribution in [0.2, 0.25) is 0 Å². The Hall–Kier alpha value is -2.34. The third-order valence-corrected chi connectivity index (χ3v) is 2.61. The summed E-state index contributed by atoms with van der Waals surface area (Å²) >= 11 is 0. The van der Waals surface area contributed by atoms with Crippen LogP contribution in [0, 0.1) is 0 Å². The van der Waals surface area contributed by atoms with Crippen LogP contribution >= 0.6 is 0 Å². The second-order valence-corrected chi connectivity index (χ2v) is 3.99. The standard InChI is InChI=1S/C13H16N4O2/c1-19-12-6-7-15-13(17-12)16-8-11(18)9-2-4-10(14)5-3-9/h2-7,11,18H,8,14H2,1H3,(H,15,16,17). The molecule has 0 aliphatic heterocycles. The number of nitrogens with zero attached hydrogens (tertiary/aromatic N) is 2. The molecule has 0 fully saturated rings. The maximum atomic E-state index is 10.0. The summed E-state index contributed by atoms with van der Waals surface area (Å²) in [7, 11) is 1.54. The first-order valence-electron chi connectivity index (χ1n) is 5.83. The average molecular weight is 260 g/mol. The average Bonchev–Trinajstić information content (AvgIpc) is 2.46. The van der Waals surface area contributed by atoms with Crippen molar-refractivity contribution < 1.29 is 9.84 Å². The van der Waals surface area contributed by atoms with Crippen LogP contribution in [0.4, 0.5) is 11.6 Å². The third-order valence-electron chi connectivity index (χ3n) is 2.61. The summed E-state index contributed by atoms with van der Waals surface area (Å²) < 4.78 is 4.99. The quantitative estimate of drug-likeness (QED) is 0.700. The molecule has 0 radical (unpaired) electrons. The van der Waals surface area contributed by atoms with Gasteiger partial charge in [0.25, 0.3) is 0 Å². The highest BCUT2D eigenvalue weighted by Gasteiger charge is 2.08. The van der Waals surface area contributed by atoms with Crippen molar-refractivity contribution in [3.05, 3.63) is 42.1 Å². The number of ether oxygens (including phenoxy) is 1. The highest BCUT2D eigenvalue weighted by Crippen LogP contribution is 2.15. The second kappa shape index (κ2) is 6.01. The van der Waals surface area contributed by atoms with E-state index in [1.807, 2.05) is 0 Å². The molecule has 1 aromatic heterocycles. The zero-order chi connectivity index (χ0) is 13.7. The highest BCUT2D eigenvalue weighted by molar-refractivity contribution is 5.40. The topological polar surface area (TPSA) is 93.3 Å². The van der Waals surface area contributed by atoms with E-state index in [-0.39, 0.29) is 0 Å². The van der Waals surface area contributed by atoms with Gasteiger partial charge in [-0.25, -0.2) is 4.98 Å². The number of anilines is 2. The summed E-state index contributed by atoms with van der Waals surface area (Å²) in [5.41, 5.74) is 7.04. The van der Waals surface area contributed by atoms with E-state index in [1.54, 1.807) is 36.5 Å². The number of aliphatic hydroxyl groups is 1. The van der Waals surface area contributed by atoms with Crippen LogP contribution in [0.5, 0.6) is 5.88 Å². The number of hydrogen-bond donors (Lipinski definition) is 3. The van der Waals surface area contributed by atoms with Crippen molar-refractivity contribution in [2.24, 2.45) is 0 Å². The molecule has 0 spiro atoms. The van der Waals surface area contributed by atoms with E-state index in [0.29, 0.717) is 24.1 Å². The maximum Gasteiger partial charge on any atom is 0.226 e. The smallest absolute Gasteiger partial charge is 0.226 e. The summed E-state index contributed by atoms with van der Waals surface area (Å²) in [6, 6.07) is 8.73. The Morgan fingerprint density at radius 1 is 1.32 bits per heavy atom. The molecule has 6 heteroatoms. The van der Waals surface area contributed by atoms with Gasteiger partial charge in [-0.2, -0.15) is 4.98 Å². The van der Waals surface area contributed by atoms with Crippen LogP contribution in [0.3, 0.4) is 0 Å². The Kier molecular flexibility index (Phi) is 4.15. The Bertz CT molecular complexity index is 530. The number of nitrogens with two attached hydrogens (primary N) is 1. The number of hydrogen-bond acceptors (Lipinski definition) is 6. The normalized spacial score (nSPS) is 11.9. The number of nitrogens with one attached hydrogen (secondary N) is 1. The van der Waals surface area contributed by atoms with Gasteiger partial charge in [0.1, 0.15) is 0 Å². The predicted molar refractivity (Wildman–Crippen MR) is 72.9 cm³/mol. The van der Waals surface area contributed by atoms with Gasteiger partial charge in [0, 0.05) is 24.5 Å². The fraction of sp³-hybridized carbons (Fsp3) is 0.231. The molecule has 1 unspecified atom stereocenters. The van der Waals surface area contributed by atoms with Gasteiger partial charge in [0.15, 0.2) is 0 Å². The molecule has 6 nitrogen and oxygen atoms in total. The van der Waals surface area contributed by atoms with Crippen LogP contribution in [0.25, 0.3) is 0 Å². The molecule has 2 aromatic rings. The van der Waals surface area contributed by atoms with Gasteiger partial charge in [0.05, 0.1) is 13.2 Å². The summed E-state index contributed by atoms with van der Waals surface area (Å²) in [6.45, 7) is 0.303. The molecule has 100 valence electrons. The molecule has 0 aliphatic carbocycles. The van der Waals surface area contributed by atoms with Crippen molar-refractivity contribution >= 4 is 11.6 Å². The lowest BCUT2D eigenvalue weighted by molar-refractivity contribution is 0.191. The van der Waals surface area contributed by atoms with Crippen molar-refractivity contribution in [3.63, 3.8) is 0 Å². The number of aliphatic hydroxyl groups excluding tert-OH is 1. The van der Waals surface area contributed by atoms with Crippen molar-refractivity contribution in [1.29, 1.82) is 0 Å². The molecule has 1 heterocycles. The number of benzene rings is 1. The van der Waals surface area contributed by atoms with Gasteiger partial charge in [-0.3, -0.25) is 0 Å². The Morgan fingerprint density at radius 2 is 2.05 bits per heavy atom. The van der Waals surface area contributed by atoms with Crippen LogP contribution in [-0.4, -0.2) is 28.7 Å². The number of methoxy groups -OCH3 is 1. The molecule has 1 aromatic carbocycles. The molecule has 0 aliphatic rings. The SMILES string of the molecule is COc1ccnc(NCC(O)c2ccc(N)cc2)n1. The molecule has 19 heavy (non-hydrogen) atoms. The van der Waals surface area contributed by atoms with E-state index in [2.05, 4.69) is 15.3 Å². The summed E-state index contributed by atoms with van der Waals surface area (Å²) in [6.07, 6.45) is 0.930. The van der Waals surface area contributed by atoms with Crippen molar-refractivity contribution in [2.45, 2.75) is 6.10 Å². The first kappa shape index (κ1) is 13.1. The van der Waals surface area contributed by atoms with Gasteiger partial charge in [-0.05, 0) is 17.7 Å². The Labute approximate surface area is 111 Å². The second-order valence-electron chi connectivity index (χ2n) is 3.99. The van der Waals surface area contributed by atoms with Crippen molar-refractivity contribution in [1.82, 2.24) is 9.97 Å². The zero-order valence-electron chi connectivity index (χ0n) is 10.6. The Balaban J connectivity index is 1.96. The van der Waals surface area contributed by atoms with Gasteiger partial charge in [-0.15, -0.1) is 0 Å². The summed E-state index contributed by atoms with van der Waals surface area (Å²) in [5.74, 6) is 0.883. The fourth-order valence-corrected chi connectivity index (χ4v) is 1.56. The van der Waals surface area contributed by atoms with Gasteiger partial charge >= 0.3 is 0 Å². The highest BCUT2D eigenvalue weighted by atomic mass is 16.5. The molecule has 0 saturated carbocycles. The van der Waals surface area contributed by atoms with Crippen LogP contribution in [-0.2, 0) is 0 Å². The monoisotopic (exact) mass is 260 g/mol. The first-order chi connectivity index (χ1) is 9.19. The molecule has 0 amide bonds. The molecular weight excluding hydrogens is 244 g/mol. The minimum Gasteiger partial charge on any atom is -0.481 e. The lowest BCUT2D eigenvalue weighted by Gasteiger charge is -2.12. The molecular formula is C13H16N4O2. The van der Waals surface area contributed by atoms with Gasteiger partial charge in [-0.1, -0.05) is 12.1 Å². The zero-order valence-corrected chi connectivity index (χ0v) is 10.6. The van der Waals surface area contributed by atoms with Crippen molar-refractivity contribution in [3.8, 4) is 5.88 Å². The van der Waals surface area contributed by atoms with Crippen LogP contribution in [0.1, 0.15) is 11.7 Å². The van der Waals surface area contributed by atoms with Crippen LogP contribution < -0.4 is 15.8 Å². The van der Waals surface area contributed by atoms with E-state index < -0.39 is 6.10 Å². The molecule has 0 bridgehead atoms. The minimum atomic E-state index is -0.657. The van der Waals surface area contributed by atoms with Crippen LogP contribution in [0.15, 0.2) is 36.5 Å². The number of aromatic nitrogens is 2. The molecule has 2 rings (SSSR count). The first-order valence-corrected chi connectivity index (χ1v) is 5.83. The number of nitrogen functional groups attached to an aromatic ring is 1. The van der Waals surface area contributed by atoms with E-state index >= 15 is 0 Å². The van der Waals surface area contributed by atoms with Gasteiger partial charge in [0.2, 0.25) is 11.8 Å². The lowest BCUT2D eigenvalue weighted by Crippen LogP contribution is -2.14. The summed E-state index contributed by atoms with van der Waals surface area (Å²) in [4.78, 5) is 8.13. The predicted octanol–water partition coefficient (Wildman–Crippen LogP) is 1.21.